The fourth-order valence-electron chi connectivity index (χ4n) is 1.54. The van der Waals surface area contributed by atoms with Gasteiger partial charge in [-0.2, -0.15) is 0 Å². The van der Waals surface area contributed by atoms with Crippen LogP contribution in [0.1, 0.15) is 32.0 Å². The van der Waals surface area contributed by atoms with Gasteiger partial charge in [-0.1, -0.05) is 25.5 Å². The molecule has 0 amide bonds. The lowest BCUT2D eigenvalue weighted by Crippen LogP contribution is -2.25. The first-order valence-corrected chi connectivity index (χ1v) is 4.72. The van der Waals surface area contributed by atoms with E-state index in [-0.39, 0.29) is 0 Å². The van der Waals surface area contributed by atoms with Crippen molar-refractivity contribution in [1.29, 1.82) is 0 Å². The van der Waals surface area contributed by atoms with Gasteiger partial charge in [0.05, 0.1) is 17.9 Å². The van der Waals surface area contributed by atoms with Crippen molar-refractivity contribution in [2.75, 3.05) is 7.05 Å². The van der Waals surface area contributed by atoms with Gasteiger partial charge in [-0.3, -0.25) is 4.68 Å². The Labute approximate surface area is 79.3 Å². The molecule has 0 fully saturated rings. The third-order valence-corrected chi connectivity index (χ3v) is 2.59. The fraction of sp³-hybridized carbons (Fsp3) is 0.778. The van der Waals surface area contributed by atoms with Crippen LogP contribution in [0.3, 0.4) is 0 Å². The van der Waals surface area contributed by atoms with Crippen molar-refractivity contribution in [3.8, 4) is 0 Å². The van der Waals surface area contributed by atoms with Crippen LogP contribution in [-0.2, 0) is 7.05 Å². The van der Waals surface area contributed by atoms with Crippen LogP contribution in [0.2, 0.25) is 0 Å². The molecule has 74 valence electrons. The Morgan fingerprint density at radius 3 is 2.69 bits per heavy atom. The zero-order chi connectivity index (χ0) is 9.84. The van der Waals surface area contributed by atoms with E-state index in [0.717, 1.165) is 12.1 Å². The Morgan fingerprint density at radius 2 is 2.31 bits per heavy atom. The molecule has 0 bridgehead atoms. The van der Waals surface area contributed by atoms with E-state index in [1.165, 1.54) is 0 Å². The van der Waals surface area contributed by atoms with Crippen molar-refractivity contribution in [1.82, 2.24) is 20.3 Å². The van der Waals surface area contributed by atoms with Gasteiger partial charge >= 0.3 is 0 Å². The second-order valence-electron chi connectivity index (χ2n) is 3.43. The first-order chi connectivity index (χ1) is 6.20. The molecule has 0 saturated heterocycles. The van der Waals surface area contributed by atoms with Crippen molar-refractivity contribution in [2.24, 2.45) is 13.0 Å². The Kier molecular flexibility index (Phi) is 3.42. The Morgan fingerprint density at radius 1 is 1.62 bits per heavy atom. The molecule has 0 spiro atoms. The fourth-order valence-corrected chi connectivity index (χ4v) is 1.54. The van der Waals surface area contributed by atoms with E-state index in [4.69, 9.17) is 0 Å². The first-order valence-electron chi connectivity index (χ1n) is 4.72. The van der Waals surface area contributed by atoms with Crippen molar-refractivity contribution in [2.45, 2.75) is 26.3 Å². The molecule has 1 aromatic heterocycles. The molecular formula is C9H18N4. The average molecular weight is 182 g/mol. The third-order valence-electron chi connectivity index (χ3n) is 2.59. The van der Waals surface area contributed by atoms with Gasteiger partial charge < -0.3 is 5.32 Å². The van der Waals surface area contributed by atoms with E-state index in [2.05, 4.69) is 29.5 Å². The van der Waals surface area contributed by atoms with Crippen LogP contribution in [0.4, 0.5) is 0 Å². The van der Waals surface area contributed by atoms with Gasteiger partial charge in [0.15, 0.2) is 0 Å². The van der Waals surface area contributed by atoms with Gasteiger partial charge in [-0.15, -0.1) is 5.10 Å². The molecular weight excluding hydrogens is 164 g/mol. The Balaban J connectivity index is 2.84. The maximum atomic E-state index is 3.93. The predicted octanol–water partition coefficient (Wildman–Crippen LogP) is 1.12. The molecule has 4 heteroatoms. The summed E-state index contributed by atoms with van der Waals surface area (Å²) in [5.41, 5.74) is 1.15. The smallest absolute Gasteiger partial charge is 0.0755 e. The van der Waals surface area contributed by atoms with E-state index >= 15 is 0 Å². The van der Waals surface area contributed by atoms with Gasteiger partial charge in [0.25, 0.3) is 0 Å². The van der Waals surface area contributed by atoms with Crippen molar-refractivity contribution in [3.05, 3.63) is 11.9 Å². The maximum absolute atomic E-state index is 3.93. The maximum Gasteiger partial charge on any atom is 0.0755 e. The van der Waals surface area contributed by atoms with Gasteiger partial charge in [-0.05, 0) is 13.0 Å². The van der Waals surface area contributed by atoms with Crippen LogP contribution in [0, 0.1) is 5.92 Å². The van der Waals surface area contributed by atoms with Crippen LogP contribution in [-0.4, -0.2) is 22.0 Å². The number of nitrogens with one attached hydrogen (secondary N) is 1. The summed E-state index contributed by atoms with van der Waals surface area (Å²) < 4.78 is 1.83. The summed E-state index contributed by atoms with van der Waals surface area (Å²) in [6, 6.07) is 0.352. The number of hydrogen-bond donors (Lipinski definition) is 1. The molecule has 2 atom stereocenters. The molecule has 0 aliphatic carbocycles. The van der Waals surface area contributed by atoms with Gasteiger partial charge in [0.1, 0.15) is 0 Å². The number of aromatic nitrogens is 3. The Hall–Kier alpha value is -0.900. The normalized spacial score (nSPS) is 15.7. The number of nitrogens with zero attached hydrogens (tertiary/aromatic N) is 3. The number of rotatable bonds is 4. The zero-order valence-electron chi connectivity index (χ0n) is 8.78. The summed E-state index contributed by atoms with van der Waals surface area (Å²) in [7, 11) is 3.90. The minimum absolute atomic E-state index is 0.352. The van der Waals surface area contributed by atoms with Gasteiger partial charge in [-0.25, -0.2) is 0 Å². The molecule has 2 unspecified atom stereocenters. The van der Waals surface area contributed by atoms with E-state index in [9.17, 15) is 0 Å². The molecule has 13 heavy (non-hydrogen) atoms. The third kappa shape index (κ3) is 2.06. The first kappa shape index (κ1) is 10.2. The summed E-state index contributed by atoms with van der Waals surface area (Å²) in [4.78, 5) is 0. The van der Waals surface area contributed by atoms with Crippen molar-refractivity contribution >= 4 is 0 Å². The van der Waals surface area contributed by atoms with Gasteiger partial charge in [0, 0.05) is 7.05 Å². The molecule has 1 aromatic rings. The lowest BCUT2D eigenvalue weighted by atomic mass is 9.97. The minimum atomic E-state index is 0.352. The summed E-state index contributed by atoms with van der Waals surface area (Å²) in [5, 5.41) is 11.1. The zero-order valence-corrected chi connectivity index (χ0v) is 8.78. The van der Waals surface area contributed by atoms with Crippen LogP contribution >= 0.6 is 0 Å². The van der Waals surface area contributed by atoms with Crippen LogP contribution in [0.15, 0.2) is 6.20 Å². The monoisotopic (exact) mass is 182 g/mol. The highest BCUT2D eigenvalue weighted by Crippen LogP contribution is 2.22. The van der Waals surface area contributed by atoms with E-state index in [1.807, 2.05) is 25.0 Å². The molecule has 0 saturated carbocycles. The highest BCUT2D eigenvalue weighted by molar-refractivity contribution is 5.02. The second kappa shape index (κ2) is 4.37. The molecule has 0 aliphatic rings. The summed E-state index contributed by atoms with van der Waals surface area (Å²) in [6.07, 6.45) is 2.98. The predicted molar refractivity (Wildman–Crippen MR) is 52.3 cm³/mol. The van der Waals surface area contributed by atoms with Crippen molar-refractivity contribution < 1.29 is 0 Å². The van der Waals surface area contributed by atoms with Crippen LogP contribution in [0.5, 0.6) is 0 Å². The summed E-state index contributed by atoms with van der Waals surface area (Å²) in [5.74, 6) is 0.599. The topological polar surface area (TPSA) is 42.7 Å². The lowest BCUT2D eigenvalue weighted by molar-refractivity contribution is 0.380. The molecule has 0 radical (unpaired) electrons. The molecule has 1 rings (SSSR count). The highest BCUT2D eigenvalue weighted by atomic mass is 15.4. The molecule has 0 aromatic carbocycles. The minimum Gasteiger partial charge on any atom is -0.311 e. The van der Waals surface area contributed by atoms with Crippen LogP contribution in [0.25, 0.3) is 0 Å². The largest absolute Gasteiger partial charge is 0.311 e. The van der Waals surface area contributed by atoms with Gasteiger partial charge in [0.2, 0.25) is 0 Å². The summed E-state index contributed by atoms with van der Waals surface area (Å²) in [6.45, 7) is 4.42. The Bertz CT molecular complexity index is 256. The average Bonchev–Trinajstić information content (AvgIpc) is 2.53. The molecule has 1 N–H and O–H groups in total. The SMILES string of the molecule is CCC(C)C(NC)c1cnnn1C. The van der Waals surface area contributed by atoms with E-state index < -0.39 is 0 Å². The van der Waals surface area contributed by atoms with E-state index in [0.29, 0.717) is 12.0 Å². The second-order valence-corrected chi connectivity index (χ2v) is 3.43. The molecule has 4 nitrogen and oxygen atoms in total. The highest BCUT2D eigenvalue weighted by Gasteiger charge is 2.18. The quantitative estimate of drug-likeness (QED) is 0.759. The van der Waals surface area contributed by atoms with Crippen LogP contribution < -0.4 is 5.32 Å². The standard InChI is InChI=1S/C9H18N4/c1-5-7(2)9(10-3)8-6-11-12-13(8)4/h6-7,9-10H,5H2,1-4H3. The molecule has 1 heterocycles. The molecule has 0 aliphatic heterocycles. The number of aryl methyl sites for hydroxylation is 1. The summed E-state index contributed by atoms with van der Waals surface area (Å²) >= 11 is 0. The lowest BCUT2D eigenvalue weighted by Gasteiger charge is -2.21. The number of hydrogen-bond acceptors (Lipinski definition) is 3. The van der Waals surface area contributed by atoms with E-state index in [1.54, 1.807) is 0 Å². The van der Waals surface area contributed by atoms with Crippen molar-refractivity contribution in [3.63, 3.8) is 0 Å².